The molecule has 3 N–H and O–H groups in total. The smallest absolute Gasteiger partial charge is 0.265 e. The fraction of sp³-hybridized carbons (Fsp3) is 0.176. The molecule has 7 nitrogen and oxygen atoms in total. The molecule has 0 bridgehead atoms. The Labute approximate surface area is 144 Å². The SMILES string of the molecule is CCc1cc(Oc2ccc(S(C)(=O)=O)nc2)cc2cc(C(N)=O)[nH]c12. The molecule has 0 aliphatic rings. The number of hydrogen-bond donors (Lipinski definition) is 2. The first-order chi connectivity index (χ1) is 11.8. The van der Waals surface area contributed by atoms with Crippen molar-refractivity contribution in [3.63, 3.8) is 0 Å². The van der Waals surface area contributed by atoms with Crippen LogP contribution in [0.3, 0.4) is 0 Å². The summed E-state index contributed by atoms with van der Waals surface area (Å²) in [6, 6.07) is 8.25. The molecule has 0 saturated heterocycles. The van der Waals surface area contributed by atoms with Gasteiger partial charge in [0.05, 0.1) is 6.20 Å². The number of fused-ring (bicyclic) bond motifs is 1. The number of pyridine rings is 1. The second-order valence-corrected chi connectivity index (χ2v) is 7.62. The molecule has 1 amide bonds. The van der Waals surface area contributed by atoms with Gasteiger partial charge in [-0.1, -0.05) is 6.92 Å². The summed E-state index contributed by atoms with van der Waals surface area (Å²) >= 11 is 0. The van der Waals surface area contributed by atoms with E-state index in [1.807, 2.05) is 13.0 Å². The molecule has 0 atom stereocenters. The predicted molar refractivity (Wildman–Crippen MR) is 93.6 cm³/mol. The molecule has 0 unspecified atom stereocenters. The lowest BCUT2D eigenvalue weighted by Gasteiger charge is -2.08. The highest BCUT2D eigenvalue weighted by atomic mass is 32.2. The average Bonchev–Trinajstić information content (AvgIpc) is 2.98. The summed E-state index contributed by atoms with van der Waals surface area (Å²) in [5.41, 5.74) is 7.47. The highest BCUT2D eigenvalue weighted by molar-refractivity contribution is 7.90. The zero-order valence-corrected chi connectivity index (χ0v) is 14.6. The van der Waals surface area contributed by atoms with Crippen molar-refractivity contribution < 1.29 is 17.9 Å². The molecule has 1 aromatic carbocycles. The van der Waals surface area contributed by atoms with Crippen LogP contribution in [0.15, 0.2) is 41.6 Å². The van der Waals surface area contributed by atoms with Gasteiger partial charge in [-0.25, -0.2) is 13.4 Å². The van der Waals surface area contributed by atoms with Gasteiger partial charge in [-0.2, -0.15) is 0 Å². The molecule has 0 radical (unpaired) electrons. The molecule has 8 heteroatoms. The maximum Gasteiger partial charge on any atom is 0.265 e. The molecular formula is C17H17N3O4S. The van der Waals surface area contributed by atoms with E-state index in [9.17, 15) is 13.2 Å². The van der Waals surface area contributed by atoms with Gasteiger partial charge in [-0.05, 0) is 42.3 Å². The van der Waals surface area contributed by atoms with Gasteiger partial charge < -0.3 is 15.5 Å². The van der Waals surface area contributed by atoms with Crippen molar-refractivity contribution in [2.75, 3.05) is 6.26 Å². The number of ether oxygens (including phenoxy) is 1. The number of nitrogens with one attached hydrogen (secondary N) is 1. The molecule has 3 rings (SSSR count). The zero-order chi connectivity index (χ0) is 18.2. The first-order valence-corrected chi connectivity index (χ1v) is 9.46. The fourth-order valence-electron chi connectivity index (χ4n) is 2.54. The van der Waals surface area contributed by atoms with Crippen molar-refractivity contribution in [2.24, 2.45) is 5.73 Å². The maximum atomic E-state index is 11.4. The molecule has 0 spiro atoms. The van der Waals surface area contributed by atoms with Crippen LogP contribution in [0.1, 0.15) is 23.0 Å². The minimum Gasteiger partial charge on any atom is -0.456 e. The second kappa shape index (κ2) is 6.21. The van der Waals surface area contributed by atoms with Crippen molar-refractivity contribution in [1.29, 1.82) is 0 Å². The lowest BCUT2D eigenvalue weighted by Crippen LogP contribution is -2.10. The van der Waals surface area contributed by atoms with Crippen LogP contribution in [0.5, 0.6) is 11.5 Å². The van der Waals surface area contributed by atoms with Gasteiger partial charge in [0.25, 0.3) is 5.91 Å². The largest absolute Gasteiger partial charge is 0.456 e. The number of hydrogen-bond acceptors (Lipinski definition) is 5. The third-order valence-corrected chi connectivity index (χ3v) is 4.76. The van der Waals surface area contributed by atoms with E-state index < -0.39 is 15.7 Å². The number of H-pyrrole nitrogens is 1. The van der Waals surface area contributed by atoms with Crippen molar-refractivity contribution in [3.8, 4) is 11.5 Å². The molecule has 130 valence electrons. The zero-order valence-electron chi connectivity index (χ0n) is 13.7. The van der Waals surface area contributed by atoms with Crippen LogP contribution in [0.4, 0.5) is 0 Å². The van der Waals surface area contributed by atoms with Crippen LogP contribution < -0.4 is 10.5 Å². The van der Waals surface area contributed by atoms with E-state index in [0.717, 1.165) is 29.1 Å². The van der Waals surface area contributed by atoms with Gasteiger partial charge in [0.15, 0.2) is 14.9 Å². The Morgan fingerprint density at radius 2 is 2.00 bits per heavy atom. The van der Waals surface area contributed by atoms with Crippen molar-refractivity contribution in [1.82, 2.24) is 9.97 Å². The summed E-state index contributed by atoms with van der Waals surface area (Å²) < 4.78 is 28.7. The van der Waals surface area contributed by atoms with Crippen LogP contribution in [0, 0.1) is 0 Å². The van der Waals surface area contributed by atoms with Crippen LogP contribution in [0.25, 0.3) is 10.9 Å². The number of amides is 1. The van der Waals surface area contributed by atoms with Crippen LogP contribution in [-0.2, 0) is 16.3 Å². The molecular weight excluding hydrogens is 342 g/mol. The maximum absolute atomic E-state index is 11.4. The lowest BCUT2D eigenvalue weighted by atomic mass is 10.1. The molecule has 25 heavy (non-hydrogen) atoms. The van der Waals surface area contributed by atoms with Gasteiger partial charge in [0.2, 0.25) is 0 Å². The second-order valence-electron chi connectivity index (χ2n) is 5.65. The van der Waals surface area contributed by atoms with Gasteiger partial charge in [-0.15, -0.1) is 0 Å². The topological polar surface area (TPSA) is 115 Å². The quantitative estimate of drug-likeness (QED) is 0.726. The normalized spacial score (nSPS) is 11.6. The molecule has 3 aromatic rings. The molecule has 0 fully saturated rings. The Morgan fingerprint density at radius 1 is 1.24 bits per heavy atom. The van der Waals surface area contributed by atoms with Gasteiger partial charge in [0, 0.05) is 17.2 Å². The third-order valence-electron chi connectivity index (χ3n) is 3.75. The Bertz CT molecular complexity index is 1050. The average molecular weight is 359 g/mol. The summed E-state index contributed by atoms with van der Waals surface area (Å²) in [5.74, 6) is 0.453. The minimum atomic E-state index is -3.35. The summed E-state index contributed by atoms with van der Waals surface area (Å²) in [6.07, 6.45) is 3.19. The number of carbonyl (C=O) groups is 1. The highest BCUT2D eigenvalue weighted by Gasteiger charge is 2.12. The number of rotatable bonds is 5. The van der Waals surface area contributed by atoms with Crippen molar-refractivity contribution >= 4 is 26.6 Å². The van der Waals surface area contributed by atoms with E-state index in [1.54, 1.807) is 18.2 Å². The Kier molecular flexibility index (Phi) is 4.22. The lowest BCUT2D eigenvalue weighted by molar-refractivity contribution is 0.0996. The van der Waals surface area contributed by atoms with E-state index in [-0.39, 0.29) is 5.03 Å². The van der Waals surface area contributed by atoms with Crippen LogP contribution >= 0.6 is 0 Å². The number of aromatic amines is 1. The standard InChI is InChI=1S/C17H17N3O4S/c1-3-10-6-13(7-11-8-14(17(18)21)20-16(10)11)24-12-4-5-15(19-9-12)25(2,22)23/h4-9,20H,3H2,1-2H3,(H2,18,21). The monoisotopic (exact) mass is 359 g/mol. The van der Waals surface area contributed by atoms with Gasteiger partial charge in [0.1, 0.15) is 17.2 Å². The predicted octanol–water partition coefficient (Wildman–Crippen LogP) is 2.42. The number of nitrogens with two attached hydrogens (primary N) is 1. The number of primary amides is 1. The summed E-state index contributed by atoms with van der Waals surface area (Å²) in [6.45, 7) is 1.99. The van der Waals surface area contributed by atoms with E-state index >= 15 is 0 Å². The number of nitrogens with zero attached hydrogens (tertiary/aromatic N) is 1. The van der Waals surface area contributed by atoms with Gasteiger partial charge >= 0.3 is 0 Å². The fourth-order valence-corrected chi connectivity index (χ4v) is 3.10. The van der Waals surface area contributed by atoms with Gasteiger partial charge in [-0.3, -0.25) is 4.79 Å². The molecule has 0 aliphatic carbocycles. The minimum absolute atomic E-state index is 0.0127. The number of aryl methyl sites for hydroxylation is 1. The number of aromatic nitrogens is 2. The Morgan fingerprint density at radius 3 is 2.56 bits per heavy atom. The molecule has 2 heterocycles. The first kappa shape index (κ1) is 17.0. The number of carbonyl (C=O) groups excluding carboxylic acids is 1. The molecule has 0 saturated carbocycles. The summed E-state index contributed by atoms with van der Waals surface area (Å²) in [7, 11) is -3.35. The van der Waals surface area contributed by atoms with E-state index in [4.69, 9.17) is 10.5 Å². The van der Waals surface area contributed by atoms with Crippen molar-refractivity contribution in [3.05, 3.63) is 47.8 Å². The highest BCUT2D eigenvalue weighted by Crippen LogP contribution is 2.29. The Hall–Kier alpha value is -2.87. The molecule has 2 aromatic heterocycles. The van der Waals surface area contributed by atoms with E-state index in [2.05, 4.69) is 9.97 Å². The first-order valence-electron chi connectivity index (χ1n) is 7.57. The summed E-state index contributed by atoms with van der Waals surface area (Å²) in [4.78, 5) is 18.3. The number of sulfone groups is 1. The number of benzene rings is 1. The van der Waals surface area contributed by atoms with E-state index in [0.29, 0.717) is 17.2 Å². The molecule has 0 aliphatic heterocycles. The van der Waals surface area contributed by atoms with E-state index in [1.165, 1.54) is 12.3 Å². The van der Waals surface area contributed by atoms with Crippen molar-refractivity contribution in [2.45, 2.75) is 18.4 Å². The third kappa shape index (κ3) is 3.48. The van der Waals surface area contributed by atoms with Crippen LogP contribution in [-0.4, -0.2) is 30.5 Å². The summed E-state index contributed by atoms with van der Waals surface area (Å²) in [5, 5.41) is 0.796. The Balaban J connectivity index is 1.97. The van der Waals surface area contributed by atoms with Crippen LogP contribution in [0.2, 0.25) is 0 Å².